The van der Waals surface area contributed by atoms with Gasteiger partial charge in [0.15, 0.2) is 0 Å². The van der Waals surface area contributed by atoms with Gasteiger partial charge in [-0.3, -0.25) is 0 Å². The molecular formula is C10H20O. The molecule has 0 heterocycles. The Hall–Kier alpha value is -0.300. The lowest BCUT2D eigenvalue weighted by Gasteiger charge is -2.09. The maximum Gasteiger partial charge on any atom is 0.0577 e. The Bertz CT molecular complexity index is 107. The summed E-state index contributed by atoms with van der Waals surface area (Å²) < 4.78 is 0. The van der Waals surface area contributed by atoms with Crippen LogP contribution in [0.3, 0.4) is 0 Å². The van der Waals surface area contributed by atoms with Gasteiger partial charge in [-0.25, -0.2) is 0 Å². The van der Waals surface area contributed by atoms with Gasteiger partial charge in [-0.15, -0.1) is 0 Å². The third-order valence-electron chi connectivity index (χ3n) is 1.92. The molecule has 1 heteroatoms. The Kier molecular flexibility index (Phi) is 6.24. The zero-order chi connectivity index (χ0) is 8.69. The monoisotopic (exact) mass is 156 g/mol. The first-order valence-corrected chi connectivity index (χ1v) is 4.55. The van der Waals surface area contributed by atoms with E-state index in [1.165, 1.54) is 0 Å². The number of rotatable bonds is 6. The van der Waals surface area contributed by atoms with Crippen molar-refractivity contribution in [2.45, 2.75) is 52.1 Å². The Morgan fingerprint density at radius 2 is 2.09 bits per heavy atom. The summed E-state index contributed by atoms with van der Waals surface area (Å²) in [6.07, 6.45) is 4.84. The van der Waals surface area contributed by atoms with Crippen LogP contribution in [-0.2, 0) is 0 Å². The van der Waals surface area contributed by atoms with Crippen LogP contribution in [0.1, 0.15) is 46.0 Å². The number of unbranched alkanes of at least 4 members (excludes halogenated alkanes) is 1. The van der Waals surface area contributed by atoms with E-state index < -0.39 is 0 Å². The van der Waals surface area contributed by atoms with Gasteiger partial charge in [0.25, 0.3) is 0 Å². The third-order valence-corrected chi connectivity index (χ3v) is 1.92. The molecule has 1 nitrogen and oxygen atoms in total. The van der Waals surface area contributed by atoms with Gasteiger partial charge in [-0.1, -0.05) is 38.8 Å². The molecule has 0 aromatic carbocycles. The van der Waals surface area contributed by atoms with Crippen LogP contribution >= 0.6 is 0 Å². The molecule has 0 saturated carbocycles. The van der Waals surface area contributed by atoms with Crippen LogP contribution in [0.4, 0.5) is 0 Å². The number of aliphatic hydroxyl groups is 1. The lowest BCUT2D eigenvalue weighted by atomic mass is 10.0. The van der Waals surface area contributed by atoms with Gasteiger partial charge < -0.3 is 5.11 Å². The van der Waals surface area contributed by atoms with Gasteiger partial charge in [-0.2, -0.15) is 0 Å². The maximum atomic E-state index is 9.42. The van der Waals surface area contributed by atoms with Gasteiger partial charge in [0, 0.05) is 0 Å². The van der Waals surface area contributed by atoms with E-state index in [9.17, 15) is 5.11 Å². The lowest BCUT2D eigenvalue weighted by molar-refractivity contribution is 0.161. The summed E-state index contributed by atoms with van der Waals surface area (Å²) in [7, 11) is 0. The molecule has 0 aliphatic rings. The summed E-state index contributed by atoms with van der Waals surface area (Å²) in [5.74, 6) is 0. The first-order chi connectivity index (χ1) is 5.20. The Balaban J connectivity index is 3.35. The molecule has 1 atom stereocenters. The summed E-state index contributed by atoms with van der Waals surface area (Å²) in [5, 5.41) is 9.42. The molecule has 0 aromatic rings. The van der Waals surface area contributed by atoms with Crippen LogP contribution in [0.15, 0.2) is 12.2 Å². The van der Waals surface area contributed by atoms with Crippen LogP contribution in [0.25, 0.3) is 0 Å². The van der Waals surface area contributed by atoms with Crippen LogP contribution in [-0.4, -0.2) is 11.2 Å². The van der Waals surface area contributed by atoms with Crippen molar-refractivity contribution in [3.05, 3.63) is 12.2 Å². The normalized spacial score (nSPS) is 13.0. The first-order valence-electron chi connectivity index (χ1n) is 4.55. The van der Waals surface area contributed by atoms with E-state index in [4.69, 9.17) is 0 Å². The van der Waals surface area contributed by atoms with Crippen molar-refractivity contribution in [1.29, 1.82) is 0 Å². The summed E-state index contributed by atoms with van der Waals surface area (Å²) in [6, 6.07) is 0. The molecule has 1 unspecified atom stereocenters. The fourth-order valence-electron chi connectivity index (χ4n) is 1.02. The molecule has 11 heavy (non-hydrogen) atoms. The van der Waals surface area contributed by atoms with E-state index >= 15 is 0 Å². The molecule has 0 aromatic heterocycles. The summed E-state index contributed by atoms with van der Waals surface area (Å²) in [4.78, 5) is 0. The van der Waals surface area contributed by atoms with Crippen LogP contribution in [0, 0.1) is 0 Å². The topological polar surface area (TPSA) is 20.2 Å². The van der Waals surface area contributed by atoms with E-state index in [-0.39, 0.29) is 6.10 Å². The van der Waals surface area contributed by atoms with Crippen LogP contribution < -0.4 is 0 Å². The second-order valence-corrected chi connectivity index (χ2v) is 3.10. The number of hydrogen-bond donors (Lipinski definition) is 1. The van der Waals surface area contributed by atoms with E-state index in [1.807, 2.05) is 0 Å². The Morgan fingerprint density at radius 1 is 1.45 bits per heavy atom. The highest BCUT2D eigenvalue weighted by atomic mass is 16.3. The van der Waals surface area contributed by atoms with Crippen molar-refractivity contribution in [3.63, 3.8) is 0 Å². The van der Waals surface area contributed by atoms with Crippen molar-refractivity contribution in [3.8, 4) is 0 Å². The molecule has 1 N–H and O–H groups in total. The first kappa shape index (κ1) is 10.7. The van der Waals surface area contributed by atoms with Gasteiger partial charge in [0.05, 0.1) is 6.10 Å². The third kappa shape index (κ3) is 6.11. The quantitative estimate of drug-likeness (QED) is 0.586. The predicted octanol–water partition coefficient (Wildman–Crippen LogP) is 2.89. The molecule has 0 aliphatic heterocycles. The van der Waals surface area contributed by atoms with Crippen molar-refractivity contribution in [2.75, 3.05) is 0 Å². The fraction of sp³-hybridized carbons (Fsp3) is 0.800. The zero-order valence-electron chi connectivity index (χ0n) is 7.77. The lowest BCUT2D eigenvalue weighted by Crippen LogP contribution is -2.06. The van der Waals surface area contributed by atoms with Crippen molar-refractivity contribution in [2.24, 2.45) is 0 Å². The minimum Gasteiger partial charge on any atom is -0.393 e. The average Bonchev–Trinajstić information content (AvgIpc) is 2.00. The van der Waals surface area contributed by atoms with E-state index in [2.05, 4.69) is 20.4 Å². The molecule has 0 spiro atoms. The summed E-state index contributed by atoms with van der Waals surface area (Å²) >= 11 is 0. The molecule has 0 amide bonds. The predicted molar refractivity (Wildman–Crippen MR) is 49.6 cm³/mol. The Morgan fingerprint density at radius 3 is 2.55 bits per heavy atom. The van der Waals surface area contributed by atoms with Gasteiger partial charge in [-0.05, 0) is 19.3 Å². The van der Waals surface area contributed by atoms with Crippen LogP contribution in [0.5, 0.6) is 0 Å². The minimum absolute atomic E-state index is 0.151. The van der Waals surface area contributed by atoms with Crippen molar-refractivity contribution in [1.82, 2.24) is 0 Å². The molecule has 0 saturated heterocycles. The number of aliphatic hydroxyl groups excluding tert-OH is 1. The fourth-order valence-corrected chi connectivity index (χ4v) is 1.02. The maximum absolute atomic E-state index is 9.42. The van der Waals surface area contributed by atoms with E-state index in [0.29, 0.717) is 0 Å². The standard InChI is InChI=1S/C10H20O/c1-4-6-7-10(11)8-9(3)5-2/h10-11H,3-8H2,1-2H3. The SMILES string of the molecule is C=C(CC)CC(O)CCCC. The molecule has 0 aliphatic carbocycles. The Labute approximate surface area is 70.1 Å². The van der Waals surface area contributed by atoms with Crippen molar-refractivity contribution < 1.29 is 5.11 Å². The van der Waals surface area contributed by atoms with Gasteiger partial charge in [0.1, 0.15) is 0 Å². The largest absolute Gasteiger partial charge is 0.393 e. The molecule has 0 bridgehead atoms. The molecular weight excluding hydrogens is 136 g/mol. The summed E-state index contributed by atoms with van der Waals surface area (Å²) in [5.41, 5.74) is 1.16. The highest BCUT2D eigenvalue weighted by Gasteiger charge is 2.03. The second-order valence-electron chi connectivity index (χ2n) is 3.10. The molecule has 0 fully saturated rings. The van der Waals surface area contributed by atoms with Gasteiger partial charge >= 0.3 is 0 Å². The summed E-state index contributed by atoms with van der Waals surface area (Å²) in [6.45, 7) is 8.08. The van der Waals surface area contributed by atoms with E-state index in [1.54, 1.807) is 0 Å². The number of hydrogen-bond acceptors (Lipinski definition) is 1. The smallest absolute Gasteiger partial charge is 0.0577 e. The minimum atomic E-state index is -0.151. The van der Waals surface area contributed by atoms with Crippen LogP contribution in [0.2, 0.25) is 0 Å². The molecule has 0 radical (unpaired) electrons. The zero-order valence-corrected chi connectivity index (χ0v) is 7.77. The molecule has 0 rings (SSSR count). The highest BCUT2D eigenvalue weighted by Crippen LogP contribution is 2.11. The van der Waals surface area contributed by atoms with E-state index in [0.717, 1.165) is 37.7 Å². The highest BCUT2D eigenvalue weighted by molar-refractivity contribution is 4.94. The van der Waals surface area contributed by atoms with Crippen molar-refractivity contribution >= 4 is 0 Å². The molecule has 66 valence electrons. The average molecular weight is 156 g/mol. The van der Waals surface area contributed by atoms with Gasteiger partial charge in [0.2, 0.25) is 0 Å². The second kappa shape index (κ2) is 6.41.